The fraction of sp³-hybridized carbons (Fsp3) is 0.310. The topological polar surface area (TPSA) is 60.9 Å². The zero-order valence-electron chi connectivity index (χ0n) is 19.6. The highest BCUT2D eigenvalue weighted by Gasteiger charge is 2.40. The maximum Gasteiger partial charge on any atom is 0.326 e. The molecule has 2 atom stereocenters. The number of carbonyl (C=O) groups is 2. The lowest BCUT2D eigenvalue weighted by atomic mass is 9.87. The van der Waals surface area contributed by atoms with E-state index in [1.165, 1.54) is 5.56 Å². The van der Waals surface area contributed by atoms with Gasteiger partial charge in [-0.3, -0.25) is 4.79 Å². The molecule has 176 valence electrons. The number of piperidine rings is 1. The van der Waals surface area contributed by atoms with Crippen molar-refractivity contribution in [2.45, 2.75) is 37.3 Å². The van der Waals surface area contributed by atoms with E-state index in [0.717, 1.165) is 30.5 Å². The summed E-state index contributed by atoms with van der Waals surface area (Å²) in [7, 11) is 2.06. The summed E-state index contributed by atoms with van der Waals surface area (Å²) in [5.74, 6) is -1.60. The monoisotopic (exact) mass is 456 g/mol. The minimum Gasteiger partial charge on any atom is -0.480 e. The van der Waals surface area contributed by atoms with E-state index in [9.17, 15) is 14.7 Å². The molecule has 3 aromatic rings. The molecular formula is C29H32N2O3. The Kier molecular flexibility index (Phi) is 7.76. The molecule has 0 aliphatic carbocycles. The molecule has 1 aliphatic heterocycles. The van der Waals surface area contributed by atoms with E-state index in [2.05, 4.69) is 24.1 Å². The quantitative estimate of drug-likeness (QED) is 0.545. The molecule has 0 spiro atoms. The van der Waals surface area contributed by atoms with Crippen LogP contribution in [0.3, 0.4) is 0 Å². The summed E-state index contributed by atoms with van der Waals surface area (Å²) in [5, 5.41) is 10.1. The molecule has 1 aliphatic rings. The van der Waals surface area contributed by atoms with Crippen LogP contribution >= 0.6 is 0 Å². The summed E-state index contributed by atoms with van der Waals surface area (Å²) in [6.07, 6.45) is 2.11. The van der Waals surface area contributed by atoms with Crippen molar-refractivity contribution in [1.82, 2.24) is 9.80 Å². The van der Waals surface area contributed by atoms with Gasteiger partial charge < -0.3 is 14.9 Å². The van der Waals surface area contributed by atoms with Gasteiger partial charge in [-0.2, -0.15) is 0 Å². The number of carbonyl (C=O) groups excluding carboxylic acids is 1. The third-order valence-corrected chi connectivity index (χ3v) is 6.88. The minimum atomic E-state index is -0.936. The number of nitrogens with zero attached hydrogens (tertiary/aromatic N) is 2. The Hall–Kier alpha value is -3.44. The van der Waals surface area contributed by atoms with Crippen molar-refractivity contribution in [2.75, 3.05) is 20.1 Å². The van der Waals surface area contributed by atoms with Gasteiger partial charge >= 0.3 is 5.97 Å². The standard InChI is InChI=1S/C29H32N2O3/c1-30(19-17-22-11-5-2-6-12-22)25-18-20-31(26(21-25)29(33)34)28(32)27(23-13-7-3-8-14-23)24-15-9-4-10-16-24/h2-16,25-27H,17-21H2,1H3,(H,33,34)/t25-,26-/m0/s1. The first-order valence-electron chi connectivity index (χ1n) is 11.9. The fourth-order valence-electron chi connectivity index (χ4n) is 4.91. The molecule has 4 rings (SSSR count). The number of carboxylic acids is 1. The van der Waals surface area contributed by atoms with Crippen LogP contribution in [0, 0.1) is 0 Å². The van der Waals surface area contributed by atoms with E-state index in [1.807, 2.05) is 78.9 Å². The predicted molar refractivity (Wildman–Crippen MR) is 134 cm³/mol. The maximum atomic E-state index is 13.9. The Morgan fingerprint density at radius 3 is 1.97 bits per heavy atom. The summed E-state index contributed by atoms with van der Waals surface area (Å²) < 4.78 is 0. The van der Waals surface area contributed by atoms with E-state index in [-0.39, 0.29) is 11.9 Å². The molecule has 1 saturated heterocycles. The fourth-order valence-corrected chi connectivity index (χ4v) is 4.91. The lowest BCUT2D eigenvalue weighted by Gasteiger charge is -2.42. The van der Waals surface area contributed by atoms with E-state index >= 15 is 0 Å². The van der Waals surface area contributed by atoms with E-state index in [0.29, 0.717) is 13.0 Å². The van der Waals surface area contributed by atoms with Crippen molar-refractivity contribution in [2.24, 2.45) is 0 Å². The number of hydrogen-bond acceptors (Lipinski definition) is 3. The van der Waals surface area contributed by atoms with Gasteiger partial charge in [-0.1, -0.05) is 91.0 Å². The van der Waals surface area contributed by atoms with Gasteiger partial charge in [-0.25, -0.2) is 4.79 Å². The largest absolute Gasteiger partial charge is 0.480 e. The van der Waals surface area contributed by atoms with E-state index in [4.69, 9.17) is 0 Å². The second kappa shape index (κ2) is 11.1. The normalized spacial score (nSPS) is 18.3. The summed E-state index contributed by atoms with van der Waals surface area (Å²) >= 11 is 0. The van der Waals surface area contributed by atoms with Crippen LogP contribution in [0.2, 0.25) is 0 Å². The molecule has 5 heteroatoms. The first-order valence-corrected chi connectivity index (χ1v) is 11.9. The summed E-state index contributed by atoms with van der Waals surface area (Å²) in [4.78, 5) is 30.0. The zero-order valence-corrected chi connectivity index (χ0v) is 19.6. The van der Waals surface area contributed by atoms with E-state index < -0.39 is 17.9 Å². The van der Waals surface area contributed by atoms with Crippen LogP contribution < -0.4 is 0 Å². The summed E-state index contributed by atoms with van der Waals surface area (Å²) in [6.45, 7) is 1.29. The lowest BCUT2D eigenvalue weighted by Crippen LogP contribution is -2.55. The Labute approximate surface area is 201 Å². The molecule has 0 radical (unpaired) electrons. The number of benzene rings is 3. The average molecular weight is 457 g/mol. The molecule has 1 amide bonds. The Morgan fingerprint density at radius 2 is 1.44 bits per heavy atom. The van der Waals surface area contributed by atoms with Crippen molar-refractivity contribution < 1.29 is 14.7 Å². The van der Waals surface area contributed by atoms with Gasteiger partial charge in [0, 0.05) is 19.1 Å². The van der Waals surface area contributed by atoms with Crippen LogP contribution in [0.15, 0.2) is 91.0 Å². The number of carboxylic acid groups (broad SMARTS) is 1. The van der Waals surface area contributed by atoms with Gasteiger partial charge in [0.25, 0.3) is 0 Å². The van der Waals surface area contributed by atoms with Gasteiger partial charge in [-0.05, 0) is 43.0 Å². The highest BCUT2D eigenvalue weighted by atomic mass is 16.4. The molecule has 34 heavy (non-hydrogen) atoms. The molecule has 0 saturated carbocycles. The third kappa shape index (κ3) is 5.54. The number of hydrogen-bond donors (Lipinski definition) is 1. The van der Waals surface area contributed by atoms with Crippen molar-refractivity contribution >= 4 is 11.9 Å². The van der Waals surface area contributed by atoms with Gasteiger partial charge in [0.1, 0.15) is 6.04 Å². The van der Waals surface area contributed by atoms with Crippen molar-refractivity contribution in [3.8, 4) is 0 Å². The third-order valence-electron chi connectivity index (χ3n) is 6.88. The van der Waals surface area contributed by atoms with Crippen LogP contribution in [-0.2, 0) is 16.0 Å². The Balaban J connectivity index is 1.50. The second-order valence-electron chi connectivity index (χ2n) is 9.03. The van der Waals surface area contributed by atoms with Gasteiger partial charge in [0.15, 0.2) is 0 Å². The molecule has 1 N–H and O–H groups in total. The molecule has 3 aromatic carbocycles. The Bertz CT molecular complexity index is 1030. The number of aliphatic carboxylic acids is 1. The average Bonchev–Trinajstić information content (AvgIpc) is 2.89. The Morgan fingerprint density at radius 1 is 0.912 bits per heavy atom. The smallest absolute Gasteiger partial charge is 0.326 e. The number of rotatable bonds is 8. The highest BCUT2D eigenvalue weighted by molar-refractivity contribution is 5.91. The zero-order chi connectivity index (χ0) is 23.9. The van der Waals surface area contributed by atoms with Gasteiger partial charge in [-0.15, -0.1) is 0 Å². The van der Waals surface area contributed by atoms with E-state index in [1.54, 1.807) is 4.90 Å². The first-order chi connectivity index (χ1) is 16.5. The highest BCUT2D eigenvalue weighted by Crippen LogP contribution is 2.31. The molecular weight excluding hydrogens is 424 g/mol. The van der Waals surface area contributed by atoms with Gasteiger partial charge in [0.2, 0.25) is 5.91 Å². The molecule has 0 unspecified atom stereocenters. The van der Waals surface area contributed by atoms with Crippen LogP contribution in [0.4, 0.5) is 0 Å². The second-order valence-corrected chi connectivity index (χ2v) is 9.03. The first kappa shape index (κ1) is 23.7. The SMILES string of the molecule is CN(CCc1ccccc1)[C@H]1CCN(C(=O)C(c2ccccc2)c2ccccc2)[C@H](C(=O)O)C1. The maximum absolute atomic E-state index is 13.9. The molecule has 0 aromatic heterocycles. The van der Waals surface area contributed by atoms with Crippen molar-refractivity contribution in [3.63, 3.8) is 0 Å². The van der Waals surface area contributed by atoms with Crippen LogP contribution in [0.1, 0.15) is 35.4 Å². The molecule has 5 nitrogen and oxygen atoms in total. The lowest BCUT2D eigenvalue weighted by molar-refractivity contribution is -0.153. The molecule has 0 bridgehead atoms. The summed E-state index contributed by atoms with van der Waals surface area (Å²) in [6, 6.07) is 28.9. The predicted octanol–water partition coefficient (Wildman–Crippen LogP) is 4.44. The van der Waals surface area contributed by atoms with Crippen molar-refractivity contribution in [3.05, 3.63) is 108 Å². The van der Waals surface area contributed by atoms with Crippen LogP contribution in [0.5, 0.6) is 0 Å². The number of likely N-dealkylation sites (tertiary alicyclic amines) is 1. The summed E-state index contributed by atoms with van der Waals surface area (Å²) in [5.41, 5.74) is 3.03. The van der Waals surface area contributed by atoms with Gasteiger partial charge in [0.05, 0.1) is 5.92 Å². The molecule has 1 heterocycles. The number of amides is 1. The van der Waals surface area contributed by atoms with Crippen LogP contribution in [-0.4, -0.2) is 59.0 Å². The van der Waals surface area contributed by atoms with Crippen molar-refractivity contribution in [1.29, 1.82) is 0 Å². The molecule has 1 fully saturated rings. The number of likely N-dealkylation sites (N-methyl/N-ethyl adjacent to an activating group) is 1. The van der Waals surface area contributed by atoms with Crippen LogP contribution in [0.25, 0.3) is 0 Å². The minimum absolute atomic E-state index is 0.126.